The van der Waals surface area contributed by atoms with E-state index >= 15 is 0 Å². The lowest BCUT2D eigenvalue weighted by Gasteiger charge is -2.00. The highest BCUT2D eigenvalue weighted by atomic mass is 32.1. The Balaban J connectivity index is 2.33. The molecule has 3 rings (SSSR count). The Morgan fingerprint density at radius 1 is 1.06 bits per heavy atom. The normalized spacial score (nSPS) is 17.8. The quantitative estimate of drug-likeness (QED) is 0.701. The Labute approximate surface area is 99.6 Å². The third kappa shape index (κ3) is 1.43. The number of hydrogen-bond acceptors (Lipinski definition) is 1. The number of aryl methyl sites for hydroxylation is 1. The molecule has 1 heteroatoms. The fourth-order valence-corrected chi connectivity index (χ4v) is 3.61. The molecule has 16 heavy (non-hydrogen) atoms. The predicted octanol–water partition coefficient (Wildman–Crippen LogP) is 2.93. The summed E-state index contributed by atoms with van der Waals surface area (Å²) in [4.78, 5) is 1.43. The first-order chi connectivity index (χ1) is 7.75. The molecule has 0 fully saturated rings. The molecule has 0 saturated heterocycles. The van der Waals surface area contributed by atoms with E-state index in [1.807, 2.05) is 11.3 Å². The largest absolute Gasteiger partial charge is 0.140 e. The highest BCUT2D eigenvalue weighted by Gasteiger charge is 2.12. The van der Waals surface area contributed by atoms with Crippen molar-refractivity contribution in [2.75, 3.05) is 0 Å². The summed E-state index contributed by atoms with van der Waals surface area (Å²) in [5.74, 6) is 0.587. The lowest BCUT2D eigenvalue weighted by molar-refractivity contribution is 1.08. The first-order valence-electron chi connectivity index (χ1n) is 5.64. The summed E-state index contributed by atoms with van der Waals surface area (Å²) in [6, 6.07) is 10.7. The molecule has 0 nitrogen and oxygen atoms in total. The molecule has 1 atom stereocenters. The fourth-order valence-electron chi connectivity index (χ4n) is 2.39. The molecule has 0 N–H and O–H groups in total. The van der Waals surface area contributed by atoms with E-state index in [1.54, 1.807) is 0 Å². The van der Waals surface area contributed by atoms with Crippen molar-refractivity contribution in [2.24, 2.45) is 5.92 Å². The van der Waals surface area contributed by atoms with Crippen molar-refractivity contribution in [3.05, 3.63) is 45.0 Å². The Bertz CT molecular complexity index is 632. The van der Waals surface area contributed by atoms with E-state index in [1.165, 1.54) is 25.8 Å². The molecule has 0 bridgehead atoms. The molecule has 1 aliphatic rings. The molecule has 0 amide bonds. The van der Waals surface area contributed by atoms with E-state index in [2.05, 4.69) is 56.3 Å². The molecular formula is C15H14S. The van der Waals surface area contributed by atoms with Gasteiger partial charge in [0.05, 0.1) is 0 Å². The van der Waals surface area contributed by atoms with Gasteiger partial charge in [-0.1, -0.05) is 49.4 Å². The molecule has 80 valence electrons. The van der Waals surface area contributed by atoms with Crippen LogP contribution >= 0.6 is 11.3 Å². The van der Waals surface area contributed by atoms with Gasteiger partial charge >= 0.3 is 0 Å². The molecule has 0 saturated carbocycles. The summed E-state index contributed by atoms with van der Waals surface area (Å²) >= 11 is 1.92. The molecule has 1 heterocycles. The number of fused-ring (bicyclic) bond motifs is 1. The third-order valence-electron chi connectivity index (χ3n) is 3.06. The maximum atomic E-state index is 2.38. The van der Waals surface area contributed by atoms with Gasteiger partial charge in [0.25, 0.3) is 0 Å². The van der Waals surface area contributed by atoms with Gasteiger partial charge in [-0.3, -0.25) is 0 Å². The zero-order chi connectivity index (χ0) is 11.1. The summed E-state index contributed by atoms with van der Waals surface area (Å²) in [7, 11) is 0. The van der Waals surface area contributed by atoms with Crippen LogP contribution in [-0.4, -0.2) is 0 Å². The topological polar surface area (TPSA) is 0 Å². The van der Waals surface area contributed by atoms with Crippen molar-refractivity contribution in [1.29, 1.82) is 0 Å². The number of thiophene rings is 1. The Morgan fingerprint density at radius 2 is 1.81 bits per heavy atom. The highest BCUT2D eigenvalue weighted by molar-refractivity contribution is 7.10. The van der Waals surface area contributed by atoms with E-state index in [9.17, 15) is 0 Å². The van der Waals surface area contributed by atoms with Gasteiger partial charge in [0.2, 0.25) is 0 Å². The zero-order valence-corrected chi connectivity index (χ0v) is 10.3. The van der Waals surface area contributed by atoms with E-state index in [-0.39, 0.29) is 0 Å². The van der Waals surface area contributed by atoms with Crippen LogP contribution in [0.1, 0.15) is 11.8 Å². The zero-order valence-electron chi connectivity index (χ0n) is 9.53. The molecule has 0 radical (unpaired) electrons. The molecule has 1 aromatic heterocycles. The van der Waals surface area contributed by atoms with E-state index in [4.69, 9.17) is 0 Å². The van der Waals surface area contributed by atoms with Gasteiger partial charge in [0.1, 0.15) is 0 Å². The van der Waals surface area contributed by atoms with Crippen molar-refractivity contribution < 1.29 is 0 Å². The van der Waals surface area contributed by atoms with Crippen LogP contribution in [0.5, 0.6) is 0 Å². The maximum Gasteiger partial charge on any atom is 0.0314 e. The van der Waals surface area contributed by atoms with Crippen LogP contribution in [-0.2, 0) is 0 Å². The monoisotopic (exact) mass is 226 g/mol. The second kappa shape index (κ2) is 3.60. The second-order valence-electron chi connectivity index (χ2n) is 4.37. The van der Waals surface area contributed by atoms with Gasteiger partial charge in [-0.25, -0.2) is 0 Å². The summed E-state index contributed by atoms with van der Waals surface area (Å²) in [5.41, 5.74) is 2.78. The standard InChI is InChI=1S/C15H14S/c1-10-8-13-14(9-10)16-11(2)15(13)12-6-4-3-5-7-12/h3-10H,1-2H3. The van der Waals surface area contributed by atoms with E-state index < -0.39 is 0 Å². The van der Waals surface area contributed by atoms with Crippen LogP contribution in [0, 0.1) is 12.8 Å². The average molecular weight is 226 g/mol. The molecular weight excluding hydrogens is 212 g/mol. The lowest BCUT2D eigenvalue weighted by atomic mass is 10.0. The van der Waals surface area contributed by atoms with Crippen molar-refractivity contribution in [3.63, 3.8) is 0 Å². The van der Waals surface area contributed by atoms with Crippen LogP contribution < -0.4 is 9.75 Å². The molecule has 1 aliphatic carbocycles. The summed E-state index contributed by atoms with van der Waals surface area (Å²) < 4.78 is 1.45. The third-order valence-corrected chi connectivity index (χ3v) is 4.14. The van der Waals surface area contributed by atoms with Crippen molar-refractivity contribution in [1.82, 2.24) is 0 Å². The summed E-state index contributed by atoms with van der Waals surface area (Å²) in [5, 5.41) is 1.45. The second-order valence-corrected chi connectivity index (χ2v) is 5.63. The first-order valence-corrected chi connectivity index (χ1v) is 6.46. The molecule has 0 aliphatic heterocycles. The fraction of sp³-hybridized carbons (Fsp3) is 0.200. The molecule has 1 unspecified atom stereocenters. The summed E-state index contributed by atoms with van der Waals surface area (Å²) in [6.07, 6.45) is 4.74. The Hall–Kier alpha value is -1.34. The minimum Gasteiger partial charge on any atom is -0.140 e. The van der Waals surface area contributed by atoms with Gasteiger partial charge in [0.15, 0.2) is 0 Å². The van der Waals surface area contributed by atoms with Crippen LogP contribution in [0.15, 0.2) is 30.3 Å². The Morgan fingerprint density at radius 3 is 2.56 bits per heavy atom. The maximum absolute atomic E-state index is 2.38. The smallest absolute Gasteiger partial charge is 0.0314 e. The molecule has 1 aromatic carbocycles. The SMILES string of the molecule is Cc1sc2c(c1-c1ccccc1)=CC(C)C=2. The summed E-state index contributed by atoms with van der Waals surface area (Å²) in [6.45, 7) is 4.47. The van der Waals surface area contributed by atoms with Gasteiger partial charge in [-0.05, 0) is 23.6 Å². The van der Waals surface area contributed by atoms with Crippen molar-refractivity contribution >= 4 is 23.5 Å². The minimum absolute atomic E-state index is 0.587. The Kier molecular flexibility index (Phi) is 2.22. The van der Waals surface area contributed by atoms with Gasteiger partial charge in [-0.2, -0.15) is 0 Å². The highest BCUT2D eigenvalue weighted by Crippen LogP contribution is 2.23. The van der Waals surface area contributed by atoms with Gasteiger partial charge in [-0.15, -0.1) is 11.3 Å². The van der Waals surface area contributed by atoms with E-state index in [0.717, 1.165) is 0 Å². The van der Waals surface area contributed by atoms with Crippen molar-refractivity contribution in [3.8, 4) is 11.1 Å². The average Bonchev–Trinajstić information content (AvgIpc) is 2.74. The van der Waals surface area contributed by atoms with Crippen LogP contribution in [0.25, 0.3) is 23.3 Å². The van der Waals surface area contributed by atoms with Crippen LogP contribution in [0.3, 0.4) is 0 Å². The first kappa shape index (κ1) is 9.86. The van der Waals surface area contributed by atoms with Gasteiger partial charge < -0.3 is 0 Å². The molecule has 0 spiro atoms. The van der Waals surface area contributed by atoms with Crippen LogP contribution in [0.2, 0.25) is 0 Å². The van der Waals surface area contributed by atoms with Crippen molar-refractivity contribution in [2.45, 2.75) is 13.8 Å². The number of hydrogen-bond donors (Lipinski definition) is 0. The van der Waals surface area contributed by atoms with Gasteiger partial charge in [0, 0.05) is 15.0 Å². The number of rotatable bonds is 1. The molecule has 2 aromatic rings. The number of benzene rings is 1. The lowest BCUT2D eigenvalue weighted by Crippen LogP contribution is -2.15. The van der Waals surface area contributed by atoms with Crippen LogP contribution in [0.4, 0.5) is 0 Å². The van der Waals surface area contributed by atoms with E-state index in [0.29, 0.717) is 5.92 Å². The minimum atomic E-state index is 0.587. The predicted molar refractivity (Wildman–Crippen MR) is 71.8 cm³/mol.